The second-order valence-electron chi connectivity index (χ2n) is 6.54. The summed E-state index contributed by atoms with van der Waals surface area (Å²) in [6.45, 7) is 5.68. The molecule has 6 heteroatoms. The third kappa shape index (κ3) is 3.39. The van der Waals surface area contributed by atoms with E-state index in [9.17, 15) is 0 Å². The van der Waals surface area contributed by atoms with E-state index in [2.05, 4.69) is 31.7 Å². The fraction of sp³-hybridized carbons (Fsp3) is 0.529. The first-order valence-electron chi connectivity index (χ1n) is 8.04. The molecule has 2 saturated heterocycles. The summed E-state index contributed by atoms with van der Waals surface area (Å²) in [5.74, 6) is 0.626. The third-order valence-corrected chi connectivity index (χ3v) is 5.21. The fourth-order valence-electron chi connectivity index (χ4n) is 3.49. The minimum atomic E-state index is -0.0316. The zero-order valence-electron chi connectivity index (χ0n) is 13.3. The molecule has 4 rings (SSSR count). The molecule has 0 amide bonds. The molecule has 2 fully saturated rings. The lowest BCUT2D eigenvalue weighted by molar-refractivity contribution is -0.188. The van der Waals surface area contributed by atoms with Gasteiger partial charge in [-0.3, -0.25) is 9.88 Å². The summed E-state index contributed by atoms with van der Waals surface area (Å²) in [6, 6.07) is 2.19. The van der Waals surface area contributed by atoms with Crippen LogP contribution in [0.4, 0.5) is 0 Å². The minimum Gasteiger partial charge on any atom is -0.473 e. The molecule has 4 heterocycles. The van der Waals surface area contributed by atoms with Gasteiger partial charge >= 0.3 is 0 Å². The molecule has 122 valence electrons. The zero-order valence-corrected chi connectivity index (χ0v) is 14.1. The molecule has 0 aliphatic carbocycles. The summed E-state index contributed by atoms with van der Waals surface area (Å²) in [5, 5.41) is 4.35. The van der Waals surface area contributed by atoms with Crippen LogP contribution in [-0.2, 0) is 11.3 Å². The normalized spacial score (nSPS) is 23.6. The first kappa shape index (κ1) is 15.1. The molecule has 2 aromatic heterocycles. The summed E-state index contributed by atoms with van der Waals surface area (Å²) >= 11 is 1.76. The Kier molecular flexibility index (Phi) is 4.05. The lowest BCUT2D eigenvalue weighted by atomic mass is 9.84. The highest BCUT2D eigenvalue weighted by molar-refractivity contribution is 7.07. The maximum absolute atomic E-state index is 6.09. The number of ether oxygens (including phenoxy) is 2. The Labute approximate surface area is 140 Å². The highest BCUT2D eigenvalue weighted by Gasteiger charge is 2.48. The molecule has 2 aliphatic rings. The maximum Gasteiger partial charge on any atom is 0.232 e. The largest absolute Gasteiger partial charge is 0.473 e. The highest BCUT2D eigenvalue weighted by atomic mass is 32.1. The number of aromatic nitrogens is 2. The molecule has 5 nitrogen and oxygen atoms in total. The Bertz CT molecular complexity index is 656. The van der Waals surface area contributed by atoms with Crippen LogP contribution in [0, 0.1) is 6.92 Å². The molecule has 0 unspecified atom stereocenters. The number of thiophene rings is 1. The van der Waals surface area contributed by atoms with E-state index in [1.54, 1.807) is 23.7 Å². The second-order valence-corrected chi connectivity index (χ2v) is 7.32. The number of hydrogen-bond acceptors (Lipinski definition) is 6. The predicted molar refractivity (Wildman–Crippen MR) is 88.7 cm³/mol. The molecule has 0 saturated carbocycles. The van der Waals surface area contributed by atoms with Crippen LogP contribution in [0.15, 0.2) is 29.2 Å². The molecule has 1 atom stereocenters. The maximum atomic E-state index is 6.09. The molecule has 0 aromatic carbocycles. The van der Waals surface area contributed by atoms with Crippen LogP contribution in [0.25, 0.3) is 0 Å². The number of rotatable bonds is 4. The lowest BCUT2D eigenvalue weighted by Gasteiger charge is -2.53. The van der Waals surface area contributed by atoms with Gasteiger partial charge in [0.1, 0.15) is 6.10 Å². The molecule has 0 bridgehead atoms. The van der Waals surface area contributed by atoms with Gasteiger partial charge in [-0.2, -0.15) is 11.3 Å². The Hall–Kier alpha value is -1.50. The summed E-state index contributed by atoms with van der Waals surface area (Å²) in [6.07, 6.45) is 5.46. The van der Waals surface area contributed by atoms with Gasteiger partial charge in [0.2, 0.25) is 5.88 Å². The minimum absolute atomic E-state index is 0.0316. The van der Waals surface area contributed by atoms with Gasteiger partial charge in [-0.15, -0.1) is 0 Å². The van der Waals surface area contributed by atoms with Crippen molar-refractivity contribution in [2.75, 3.05) is 19.7 Å². The number of aryl methyl sites for hydroxylation is 1. The average molecular weight is 331 g/mol. The second kappa shape index (κ2) is 6.19. The van der Waals surface area contributed by atoms with Gasteiger partial charge in [0.15, 0.2) is 0 Å². The molecule has 0 radical (unpaired) electrons. The van der Waals surface area contributed by atoms with Crippen LogP contribution >= 0.6 is 11.3 Å². The van der Waals surface area contributed by atoms with Crippen molar-refractivity contribution in [1.29, 1.82) is 0 Å². The van der Waals surface area contributed by atoms with Gasteiger partial charge in [0.05, 0.1) is 24.1 Å². The standard InChI is InChI=1S/C17H21N3O2S/c1-13-7-18-8-16(19-13)22-15-2-4-21-17(6-15)11-20(12-17)9-14-3-5-23-10-14/h3,5,7-8,10,15H,2,4,6,9,11-12H2,1H3/t15-/m1/s1. The van der Waals surface area contributed by atoms with E-state index >= 15 is 0 Å². The summed E-state index contributed by atoms with van der Waals surface area (Å²) in [5.41, 5.74) is 2.24. The Morgan fingerprint density at radius 3 is 3.13 bits per heavy atom. The topological polar surface area (TPSA) is 47.5 Å². The molecule has 0 N–H and O–H groups in total. The summed E-state index contributed by atoms with van der Waals surface area (Å²) < 4.78 is 12.1. The number of likely N-dealkylation sites (tertiary alicyclic amines) is 1. The lowest BCUT2D eigenvalue weighted by Crippen LogP contribution is -2.65. The molecule has 1 spiro atoms. The van der Waals surface area contributed by atoms with Crippen molar-refractivity contribution in [3.05, 3.63) is 40.5 Å². The Morgan fingerprint density at radius 2 is 2.35 bits per heavy atom. The summed E-state index contributed by atoms with van der Waals surface area (Å²) in [4.78, 5) is 11.0. The number of nitrogens with zero attached hydrogens (tertiary/aromatic N) is 3. The van der Waals surface area contributed by atoms with Crippen molar-refractivity contribution in [1.82, 2.24) is 14.9 Å². The van der Waals surface area contributed by atoms with Crippen molar-refractivity contribution < 1.29 is 9.47 Å². The van der Waals surface area contributed by atoms with Crippen molar-refractivity contribution in [3.63, 3.8) is 0 Å². The SMILES string of the molecule is Cc1cncc(O[C@@H]2CCOC3(C2)CN(Cc2ccsc2)C3)n1. The number of hydrogen-bond donors (Lipinski definition) is 0. The fourth-order valence-corrected chi connectivity index (χ4v) is 4.15. The molecular weight excluding hydrogens is 310 g/mol. The van der Waals surface area contributed by atoms with Gasteiger partial charge in [0, 0.05) is 38.7 Å². The molecule has 2 aromatic rings. The predicted octanol–water partition coefficient (Wildman–Crippen LogP) is 2.66. The van der Waals surface area contributed by atoms with E-state index in [0.29, 0.717) is 5.88 Å². The third-order valence-electron chi connectivity index (χ3n) is 4.48. The van der Waals surface area contributed by atoms with Gasteiger partial charge in [-0.25, -0.2) is 4.98 Å². The van der Waals surface area contributed by atoms with E-state index in [4.69, 9.17) is 9.47 Å². The van der Waals surface area contributed by atoms with Crippen LogP contribution in [0.5, 0.6) is 5.88 Å². The van der Waals surface area contributed by atoms with Crippen LogP contribution in [-0.4, -0.2) is 46.3 Å². The van der Waals surface area contributed by atoms with E-state index in [0.717, 1.165) is 44.8 Å². The van der Waals surface area contributed by atoms with Gasteiger partial charge in [0.25, 0.3) is 0 Å². The average Bonchev–Trinajstić information content (AvgIpc) is 2.99. The van der Waals surface area contributed by atoms with E-state index in [-0.39, 0.29) is 11.7 Å². The molecule has 23 heavy (non-hydrogen) atoms. The quantitative estimate of drug-likeness (QED) is 0.862. The van der Waals surface area contributed by atoms with Crippen molar-refractivity contribution in [2.45, 2.75) is 38.0 Å². The Morgan fingerprint density at radius 1 is 1.43 bits per heavy atom. The van der Waals surface area contributed by atoms with E-state index in [1.807, 2.05) is 6.92 Å². The van der Waals surface area contributed by atoms with Crippen molar-refractivity contribution in [3.8, 4) is 5.88 Å². The van der Waals surface area contributed by atoms with Crippen LogP contribution in [0.3, 0.4) is 0 Å². The smallest absolute Gasteiger partial charge is 0.232 e. The first-order chi connectivity index (χ1) is 11.2. The van der Waals surface area contributed by atoms with E-state index in [1.165, 1.54) is 5.56 Å². The van der Waals surface area contributed by atoms with Gasteiger partial charge in [-0.1, -0.05) is 0 Å². The van der Waals surface area contributed by atoms with Crippen LogP contribution in [0.1, 0.15) is 24.1 Å². The monoisotopic (exact) mass is 331 g/mol. The van der Waals surface area contributed by atoms with E-state index < -0.39 is 0 Å². The van der Waals surface area contributed by atoms with Gasteiger partial charge in [-0.05, 0) is 29.3 Å². The van der Waals surface area contributed by atoms with Crippen molar-refractivity contribution in [2.24, 2.45) is 0 Å². The molecule has 2 aliphatic heterocycles. The zero-order chi connectivity index (χ0) is 15.7. The molecular formula is C17H21N3O2S. The van der Waals surface area contributed by atoms with Crippen LogP contribution in [0.2, 0.25) is 0 Å². The van der Waals surface area contributed by atoms with Crippen molar-refractivity contribution >= 4 is 11.3 Å². The van der Waals surface area contributed by atoms with Gasteiger partial charge < -0.3 is 9.47 Å². The summed E-state index contributed by atoms with van der Waals surface area (Å²) in [7, 11) is 0. The first-order valence-corrected chi connectivity index (χ1v) is 8.98. The Balaban J connectivity index is 1.33. The highest BCUT2D eigenvalue weighted by Crippen LogP contribution is 2.36. The van der Waals surface area contributed by atoms with Crippen LogP contribution < -0.4 is 4.74 Å².